The number of sulfonamides is 1. The summed E-state index contributed by atoms with van der Waals surface area (Å²) in [6, 6.07) is 16.3. The van der Waals surface area contributed by atoms with Gasteiger partial charge in [-0.2, -0.15) is 9.29 Å². The van der Waals surface area contributed by atoms with Crippen LogP contribution in [0.3, 0.4) is 0 Å². The molecule has 0 N–H and O–H groups in total. The van der Waals surface area contributed by atoms with Crippen molar-refractivity contribution in [1.29, 1.82) is 0 Å². The highest BCUT2D eigenvalue weighted by Crippen LogP contribution is 2.40. The van der Waals surface area contributed by atoms with Gasteiger partial charge in [-0.15, -0.1) is 0 Å². The fourth-order valence-electron chi connectivity index (χ4n) is 3.52. The topological polar surface area (TPSA) is 85.5 Å². The SMILES string of the molecule is COc1cccc(S(=O)(=O)N2C[C@H](c3ccccc3)[C@H](c3ncon3)C2)c1. The second-order valence-corrected chi connectivity index (χ2v) is 8.35. The van der Waals surface area contributed by atoms with Crippen LogP contribution in [0.2, 0.25) is 0 Å². The molecule has 0 saturated carbocycles. The number of ether oxygens (including phenoxy) is 1. The van der Waals surface area contributed by atoms with E-state index in [1.54, 1.807) is 18.2 Å². The minimum atomic E-state index is -3.67. The maximum atomic E-state index is 13.2. The van der Waals surface area contributed by atoms with Crippen molar-refractivity contribution < 1.29 is 17.7 Å². The van der Waals surface area contributed by atoms with Crippen LogP contribution in [0.4, 0.5) is 0 Å². The first-order valence-electron chi connectivity index (χ1n) is 8.55. The molecule has 3 aromatic rings. The zero-order valence-corrected chi connectivity index (χ0v) is 15.5. The van der Waals surface area contributed by atoms with E-state index in [-0.39, 0.29) is 16.7 Å². The van der Waals surface area contributed by atoms with E-state index < -0.39 is 10.0 Å². The lowest BCUT2D eigenvalue weighted by Crippen LogP contribution is -2.29. The number of rotatable bonds is 5. The molecule has 0 radical (unpaired) electrons. The van der Waals surface area contributed by atoms with Gasteiger partial charge in [-0.1, -0.05) is 41.6 Å². The summed E-state index contributed by atoms with van der Waals surface area (Å²) in [5.41, 5.74) is 1.05. The van der Waals surface area contributed by atoms with Gasteiger partial charge in [-0.05, 0) is 17.7 Å². The highest BCUT2D eigenvalue weighted by atomic mass is 32.2. The van der Waals surface area contributed by atoms with Gasteiger partial charge in [0.2, 0.25) is 16.4 Å². The van der Waals surface area contributed by atoms with Crippen molar-refractivity contribution in [2.45, 2.75) is 16.7 Å². The Hall–Kier alpha value is -2.71. The molecule has 0 spiro atoms. The average Bonchev–Trinajstić information content (AvgIpc) is 3.38. The molecule has 2 heterocycles. The third kappa shape index (κ3) is 3.33. The van der Waals surface area contributed by atoms with Gasteiger partial charge in [-0.25, -0.2) is 8.42 Å². The Balaban J connectivity index is 1.70. The fourth-order valence-corrected chi connectivity index (χ4v) is 5.04. The molecule has 1 saturated heterocycles. The van der Waals surface area contributed by atoms with Crippen molar-refractivity contribution in [3.05, 3.63) is 72.4 Å². The lowest BCUT2D eigenvalue weighted by Gasteiger charge is -2.17. The van der Waals surface area contributed by atoms with Gasteiger partial charge in [0.15, 0.2) is 5.82 Å². The number of nitrogens with zero attached hydrogens (tertiary/aromatic N) is 3. The van der Waals surface area contributed by atoms with Crippen LogP contribution >= 0.6 is 0 Å². The minimum Gasteiger partial charge on any atom is -0.497 e. The maximum Gasteiger partial charge on any atom is 0.243 e. The average molecular weight is 385 g/mol. The normalized spacial score (nSPS) is 20.6. The first-order chi connectivity index (χ1) is 13.1. The number of hydrogen-bond acceptors (Lipinski definition) is 6. The largest absolute Gasteiger partial charge is 0.497 e. The Morgan fingerprint density at radius 1 is 1.07 bits per heavy atom. The van der Waals surface area contributed by atoms with Gasteiger partial charge in [0, 0.05) is 31.0 Å². The molecule has 1 fully saturated rings. The zero-order chi connectivity index (χ0) is 18.9. The van der Waals surface area contributed by atoms with E-state index in [0.717, 1.165) is 5.56 Å². The van der Waals surface area contributed by atoms with Gasteiger partial charge in [0.05, 0.1) is 12.0 Å². The summed E-state index contributed by atoms with van der Waals surface area (Å²) in [6.45, 7) is 0.640. The summed E-state index contributed by atoms with van der Waals surface area (Å²) in [5, 5.41) is 3.96. The lowest BCUT2D eigenvalue weighted by molar-refractivity contribution is 0.401. The molecule has 1 aliphatic heterocycles. The van der Waals surface area contributed by atoms with Crippen LogP contribution < -0.4 is 4.74 Å². The standard InChI is InChI=1S/C19H19N3O4S/c1-25-15-8-5-9-16(10-15)27(23,24)22-11-17(14-6-3-2-4-7-14)18(12-22)19-20-13-26-21-19/h2-10,13,17-18H,11-12H2,1H3/t17-,18-/m1/s1. The molecule has 1 aromatic heterocycles. The van der Waals surface area contributed by atoms with E-state index in [1.165, 1.54) is 23.9 Å². The molecular formula is C19H19N3O4S. The summed E-state index contributed by atoms with van der Waals surface area (Å²) < 4.78 is 38.0. The second kappa shape index (κ2) is 7.13. The van der Waals surface area contributed by atoms with Gasteiger partial charge in [0.25, 0.3) is 0 Å². The number of methoxy groups -OCH3 is 1. The Morgan fingerprint density at radius 2 is 1.85 bits per heavy atom. The number of aromatic nitrogens is 2. The highest BCUT2D eigenvalue weighted by Gasteiger charge is 2.42. The van der Waals surface area contributed by atoms with Crippen molar-refractivity contribution in [3.63, 3.8) is 0 Å². The molecular weight excluding hydrogens is 366 g/mol. The third-order valence-corrected chi connectivity index (χ3v) is 6.73. The molecule has 0 aliphatic carbocycles. The molecule has 7 nitrogen and oxygen atoms in total. The van der Waals surface area contributed by atoms with Crippen LogP contribution in [0.15, 0.2) is 70.4 Å². The minimum absolute atomic E-state index is 0.0517. The highest BCUT2D eigenvalue weighted by molar-refractivity contribution is 7.89. The Kier molecular flexibility index (Phi) is 4.67. The summed E-state index contributed by atoms with van der Waals surface area (Å²) in [7, 11) is -2.16. The Bertz CT molecular complexity index is 1010. The molecule has 0 bridgehead atoms. The zero-order valence-electron chi connectivity index (χ0n) is 14.7. The molecule has 140 valence electrons. The van der Waals surface area contributed by atoms with Crippen molar-refractivity contribution in [2.24, 2.45) is 0 Å². The molecule has 4 rings (SSSR count). The predicted octanol–water partition coefficient (Wildman–Crippen LogP) is 2.65. The van der Waals surface area contributed by atoms with Gasteiger partial charge in [0.1, 0.15) is 5.75 Å². The molecule has 0 unspecified atom stereocenters. The second-order valence-electron chi connectivity index (χ2n) is 6.41. The molecule has 8 heteroatoms. The van der Waals surface area contributed by atoms with E-state index in [9.17, 15) is 8.42 Å². The first-order valence-corrected chi connectivity index (χ1v) is 9.99. The fraction of sp³-hybridized carbons (Fsp3) is 0.263. The molecule has 0 amide bonds. The van der Waals surface area contributed by atoms with Crippen LogP contribution in [0.1, 0.15) is 23.2 Å². The van der Waals surface area contributed by atoms with E-state index in [1.807, 2.05) is 30.3 Å². The van der Waals surface area contributed by atoms with Crippen LogP contribution in [-0.2, 0) is 10.0 Å². The van der Waals surface area contributed by atoms with E-state index in [0.29, 0.717) is 24.7 Å². The van der Waals surface area contributed by atoms with Crippen molar-refractivity contribution in [2.75, 3.05) is 20.2 Å². The molecule has 2 atom stereocenters. The Morgan fingerprint density at radius 3 is 2.56 bits per heavy atom. The third-order valence-electron chi connectivity index (χ3n) is 4.90. The van der Waals surface area contributed by atoms with Crippen LogP contribution in [0.5, 0.6) is 5.75 Å². The summed E-state index contributed by atoms with van der Waals surface area (Å²) in [6.07, 6.45) is 1.27. The Labute approximate surface area is 157 Å². The summed E-state index contributed by atoms with van der Waals surface area (Å²) in [4.78, 5) is 4.38. The van der Waals surface area contributed by atoms with Crippen LogP contribution in [-0.4, -0.2) is 43.1 Å². The van der Waals surface area contributed by atoms with E-state index >= 15 is 0 Å². The predicted molar refractivity (Wildman–Crippen MR) is 98.0 cm³/mol. The molecule has 27 heavy (non-hydrogen) atoms. The number of hydrogen-bond donors (Lipinski definition) is 0. The van der Waals surface area contributed by atoms with Crippen molar-refractivity contribution in [1.82, 2.24) is 14.4 Å². The lowest BCUT2D eigenvalue weighted by atomic mass is 9.88. The van der Waals surface area contributed by atoms with E-state index in [4.69, 9.17) is 9.26 Å². The molecule has 1 aliphatic rings. The maximum absolute atomic E-state index is 13.2. The quantitative estimate of drug-likeness (QED) is 0.671. The van der Waals surface area contributed by atoms with Gasteiger partial charge >= 0.3 is 0 Å². The van der Waals surface area contributed by atoms with Gasteiger partial charge < -0.3 is 9.26 Å². The summed E-state index contributed by atoms with van der Waals surface area (Å²) >= 11 is 0. The van der Waals surface area contributed by atoms with Crippen molar-refractivity contribution >= 4 is 10.0 Å². The van der Waals surface area contributed by atoms with Crippen molar-refractivity contribution in [3.8, 4) is 5.75 Å². The molecule has 2 aromatic carbocycles. The monoisotopic (exact) mass is 385 g/mol. The smallest absolute Gasteiger partial charge is 0.243 e. The first kappa shape index (κ1) is 17.7. The number of benzene rings is 2. The van der Waals surface area contributed by atoms with Crippen LogP contribution in [0, 0.1) is 0 Å². The van der Waals surface area contributed by atoms with Gasteiger partial charge in [-0.3, -0.25) is 0 Å². The summed E-state index contributed by atoms with van der Waals surface area (Å²) in [5.74, 6) is 0.799. The van der Waals surface area contributed by atoms with E-state index in [2.05, 4.69) is 10.1 Å². The van der Waals surface area contributed by atoms with Crippen LogP contribution in [0.25, 0.3) is 0 Å².